The molecule has 24 heavy (non-hydrogen) atoms. The number of ether oxygens (including phenoxy) is 1. The van der Waals surface area contributed by atoms with Crippen molar-refractivity contribution in [1.82, 2.24) is 14.5 Å². The number of nitrogens with zero attached hydrogens (tertiary/aromatic N) is 3. The van der Waals surface area contributed by atoms with E-state index in [9.17, 15) is 4.39 Å². The van der Waals surface area contributed by atoms with Gasteiger partial charge in [-0.25, -0.2) is 9.37 Å². The summed E-state index contributed by atoms with van der Waals surface area (Å²) in [6, 6.07) is 5.63. The normalized spacial score (nSPS) is 18.4. The zero-order valence-electron chi connectivity index (χ0n) is 14.5. The van der Waals surface area contributed by atoms with E-state index in [2.05, 4.69) is 20.5 Å². The molecule has 1 aliphatic heterocycles. The van der Waals surface area contributed by atoms with Gasteiger partial charge in [0, 0.05) is 32.9 Å². The highest BCUT2D eigenvalue weighted by Crippen LogP contribution is 2.23. The molecule has 130 valence electrons. The van der Waals surface area contributed by atoms with Crippen LogP contribution in [0.15, 0.2) is 30.7 Å². The number of aromatic nitrogens is 2. The number of imidazole rings is 1. The summed E-state index contributed by atoms with van der Waals surface area (Å²) in [5.74, 6) is 0.506. The maximum absolute atomic E-state index is 13.7. The second-order valence-electron chi connectivity index (χ2n) is 6.75. The largest absolute Gasteiger partial charge is 0.383 e. The van der Waals surface area contributed by atoms with Crippen molar-refractivity contribution < 1.29 is 9.13 Å². The standard InChI is InChI=1S/C19H26FN3O/c1-15-3-4-16(10-19(15)20)9-17-5-6-22(12-17)13-18-11-21-14-23(18)7-8-24-2/h3-4,10-11,14,17H,5-9,12-13H2,1-2H3. The Balaban J connectivity index is 1.54. The van der Waals surface area contributed by atoms with Crippen molar-refractivity contribution in [3.05, 3.63) is 53.4 Å². The van der Waals surface area contributed by atoms with Gasteiger partial charge in [0.15, 0.2) is 0 Å². The number of benzene rings is 1. The van der Waals surface area contributed by atoms with Gasteiger partial charge in [-0.3, -0.25) is 4.90 Å². The fourth-order valence-electron chi connectivity index (χ4n) is 3.42. The molecule has 0 spiro atoms. The summed E-state index contributed by atoms with van der Waals surface area (Å²) in [5, 5.41) is 0. The van der Waals surface area contributed by atoms with E-state index in [-0.39, 0.29) is 5.82 Å². The van der Waals surface area contributed by atoms with Crippen molar-refractivity contribution in [3.63, 3.8) is 0 Å². The molecule has 0 amide bonds. The van der Waals surface area contributed by atoms with Crippen LogP contribution in [0.2, 0.25) is 0 Å². The average molecular weight is 331 g/mol. The summed E-state index contributed by atoms with van der Waals surface area (Å²) in [4.78, 5) is 6.73. The van der Waals surface area contributed by atoms with E-state index in [4.69, 9.17) is 4.74 Å². The highest BCUT2D eigenvalue weighted by molar-refractivity contribution is 5.23. The van der Waals surface area contributed by atoms with Crippen LogP contribution in [-0.4, -0.2) is 41.3 Å². The summed E-state index contributed by atoms with van der Waals surface area (Å²) in [6.07, 6.45) is 5.94. The average Bonchev–Trinajstić information content (AvgIpc) is 3.19. The molecular weight excluding hydrogens is 305 g/mol. The Kier molecular flexibility index (Phi) is 5.63. The molecule has 1 aromatic heterocycles. The van der Waals surface area contributed by atoms with Crippen LogP contribution in [0, 0.1) is 18.7 Å². The van der Waals surface area contributed by atoms with Crippen LogP contribution in [0.25, 0.3) is 0 Å². The second-order valence-corrected chi connectivity index (χ2v) is 6.75. The Morgan fingerprint density at radius 1 is 1.38 bits per heavy atom. The Morgan fingerprint density at radius 3 is 3.04 bits per heavy atom. The monoisotopic (exact) mass is 331 g/mol. The van der Waals surface area contributed by atoms with E-state index in [1.165, 1.54) is 12.1 Å². The maximum Gasteiger partial charge on any atom is 0.126 e. The van der Waals surface area contributed by atoms with E-state index in [1.54, 1.807) is 13.2 Å². The molecule has 1 fully saturated rings. The van der Waals surface area contributed by atoms with Gasteiger partial charge in [0.05, 0.1) is 18.6 Å². The third-order valence-corrected chi connectivity index (χ3v) is 4.85. The molecule has 0 saturated carbocycles. The summed E-state index contributed by atoms with van der Waals surface area (Å²) in [6.45, 7) is 6.42. The molecule has 0 radical (unpaired) electrons. The molecule has 1 saturated heterocycles. The van der Waals surface area contributed by atoms with Crippen LogP contribution < -0.4 is 0 Å². The van der Waals surface area contributed by atoms with Gasteiger partial charge in [-0.1, -0.05) is 12.1 Å². The Hall–Kier alpha value is -1.72. The van der Waals surface area contributed by atoms with Crippen LogP contribution in [-0.2, 0) is 24.2 Å². The number of likely N-dealkylation sites (tertiary alicyclic amines) is 1. The number of hydrogen-bond acceptors (Lipinski definition) is 3. The number of halogens is 1. The number of aryl methyl sites for hydroxylation is 1. The molecule has 3 rings (SSSR count). The summed E-state index contributed by atoms with van der Waals surface area (Å²) in [7, 11) is 1.72. The highest BCUT2D eigenvalue weighted by atomic mass is 19.1. The Morgan fingerprint density at radius 2 is 2.25 bits per heavy atom. The number of hydrogen-bond donors (Lipinski definition) is 0. The van der Waals surface area contributed by atoms with Crippen LogP contribution in [0.3, 0.4) is 0 Å². The number of rotatable bonds is 7. The van der Waals surface area contributed by atoms with Crippen molar-refractivity contribution in [2.45, 2.75) is 32.9 Å². The highest BCUT2D eigenvalue weighted by Gasteiger charge is 2.23. The van der Waals surface area contributed by atoms with E-state index in [1.807, 2.05) is 25.5 Å². The minimum absolute atomic E-state index is 0.0932. The predicted molar refractivity (Wildman–Crippen MR) is 92.3 cm³/mol. The van der Waals surface area contributed by atoms with Crippen LogP contribution in [0.5, 0.6) is 0 Å². The Bertz CT molecular complexity index is 670. The van der Waals surface area contributed by atoms with Gasteiger partial charge in [0.2, 0.25) is 0 Å². The molecule has 2 aromatic rings. The smallest absolute Gasteiger partial charge is 0.126 e. The minimum Gasteiger partial charge on any atom is -0.383 e. The lowest BCUT2D eigenvalue weighted by Gasteiger charge is -2.17. The van der Waals surface area contributed by atoms with Crippen molar-refractivity contribution in [2.24, 2.45) is 5.92 Å². The third kappa shape index (κ3) is 4.22. The molecule has 1 aliphatic rings. The van der Waals surface area contributed by atoms with Gasteiger partial charge < -0.3 is 9.30 Å². The van der Waals surface area contributed by atoms with Crippen LogP contribution >= 0.6 is 0 Å². The van der Waals surface area contributed by atoms with Crippen molar-refractivity contribution >= 4 is 0 Å². The summed E-state index contributed by atoms with van der Waals surface area (Å²) >= 11 is 0. The first-order valence-corrected chi connectivity index (χ1v) is 8.61. The van der Waals surface area contributed by atoms with Gasteiger partial charge in [-0.15, -0.1) is 0 Å². The first-order valence-electron chi connectivity index (χ1n) is 8.61. The molecule has 1 aromatic carbocycles. The van der Waals surface area contributed by atoms with Crippen LogP contribution in [0.4, 0.5) is 4.39 Å². The van der Waals surface area contributed by atoms with Gasteiger partial charge in [0.1, 0.15) is 5.82 Å². The predicted octanol–water partition coefficient (Wildman–Crippen LogP) is 3.04. The molecule has 4 nitrogen and oxygen atoms in total. The van der Waals surface area contributed by atoms with Crippen molar-refractivity contribution in [1.29, 1.82) is 0 Å². The first kappa shape index (κ1) is 17.1. The lowest BCUT2D eigenvalue weighted by Crippen LogP contribution is -2.22. The molecule has 0 N–H and O–H groups in total. The van der Waals surface area contributed by atoms with E-state index >= 15 is 0 Å². The Labute approximate surface area is 143 Å². The molecule has 0 aliphatic carbocycles. The fraction of sp³-hybridized carbons (Fsp3) is 0.526. The lowest BCUT2D eigenvalue weighted by molar-refractivity contribution is 0.185. The fourth-order valence-corrected chi connectivity index (χ4v) is 3.42. The summed E-state index contributed by atoms with van der Waals surface area (Å²) in [5.41, 5.74) is 3.06. The molecule has 5 heteroatoms. The van der Waals surface area contributed by atoms with Crippen LogP contribution in [0.1, 0.15) is 23.2 Å². The topological polar surface area (TPSA) is 30.3 Å². The second kappa shape index (κ2) is 7.90. The molecular formula is C19H26FN3O. The maximum atomic E-state index is 13.7. The molecule has 1 atom stereocenters. The summed E-state index contributed by atoms with van der Waals surface area (Å²) < 4.78 is 21.0. The zero-order chi connectivity index (χ0) is 16.9. The van der Waals surface area contributed by atoms with Crippen molar-refractivity contribution in [2.75, 3.05) is 26.8 Å². The van der Waals surface area contributed by atoms with Gasteiger partial charge in [0.25, 0.3) is 0 Å². The quantitative estimate of drug-likeness (QED) is 0.781. The lowest BCUT2D eigenvalue weighted by atomic mass is 9.98. The van der Waals surface area contributed by atoms with Gasteiger partial charge in [-0.2, -0.15) is 0 Å². The molecule has 0 bridgehead atoms. The SMILES string of the molecule is COCCn1cncc1CN1CCC(Cc2ccc(C)c(F)c2)C1. The van der Waals surface area contributed by atoms with Crippen molar-refractivity contribution in [3.8, 4) is 0 Å². The van der Waals surface area contributed by atoms with Gasteiger partial charge >= 0.3 is 0 Å². The van der Waals surface area contributed by atoms with Gasteiger partial charge in [-0.05, 0) is 49.4 Å². The van der Waals surface area contributed by atoms with E-state index in [0.29, 0.717) is 12.5 Å². The number of methoxy groups -OCH3 is 1. The molecule has 2 heterocycles. The first-order chi connectivity index (χ1) is 11.7. The molecule has 1 unspecified atom stereocenters. The van der Waals surface area contributed by atoms with E-state index in [0.717, 1.165) is 43.7 Å². The minimum atomic E-state index is -0.0932. The third-order valence-electron chi connectivity index (χ3n) is 4.85. The van der Waals surface area contributed by atoms with E-state index < -0.39 is 0 Å². The zero-order valence-corrected chi connectivity index (χ0v) is 14.5.